The second-order valence-electron chi connectivity index (χ2n) is 13.1. The number of para-hydroxylation sites is 1. The Labute approximate surface area is 294 Å². The molecule has 0 saturated carbocycles. The summed E-state index contributed by atoms with van der Waals surface area (Å²) in [6, 6.07) is 13.3. The average molecular weight is 731 g/mol. The fraction of sp³-hybridized carbons (Fsp3) is 0.351. The van der Waals surface area contributed by atoms with Crippen LogP contribution in [0.4, 0.5) is 36.4 Å². The maximum atomic E-state index is 14.1. The number of ether oxygens (including phenoxy) is 1. The maximum absolute atomic E-state index is 14.1. The highest BCUT2D eigenvalue weighted by atomic mass is 19.4. The van der Waals surface area contributed by atoms with Crippen molar-refractivity contribution in [3.63, 3.8) is 0 Å². The van der Waals surface area contributed by atoms with Gasteiger partial charge in [-0.2, -0.15) is 26.3 Å². The largest absolute Gasteiger partial charge is 0.505 e. The van der Waals surface area contributed by atoms with E-state index in [1.807, 2.05) is 6.92 Å². The topological polar surface area (TPSA) is 96.3 Å². The number of carbonyl (C=O) groups is 2. The van der Waals surface area contributed by atoms with Gasteiger partial charge in [0.1, 0.15) is 12.4 Å². The number of fused-ring (bicyclic) bond motifs is 3. The number of hydrogen-bond donors (Lipinski definition) is 2. The number of allylic oxidation sites excluding steroid dienone is 1. The summed E-state index contributed by atoms with van der Waals surface area (Å²) in [4.78, 5) is 28.4. The first-order chi connectivity index (χ1) is 24.5. The minimum Gasteiger partial charge on any atom is -0.505 e. The SMILES string of the molecule is CC/C(=C\c1ccc(O)c(F)c1)CC[C@H]1OB(O)C[C@H]2C1=C(COc1ccccc1)C[C@H]1C(=O)N(c3cc(C(F)(F)F)cc(C(F)(F)F)c3)C(=O)[C@H]12. The predicted octanol–water partition coefficient (Wildman–Crippen LogP) is 8.22. The average Bonchev–Trinajstić information content (AvgIpc) is 3.34. The highest BCUT2D eigenvalue weighted by molar-refractivity contribution is 6.43. The van der Waals surface area contributed by atoms with Crippen LogP contribution in [-0.4, -0.2) is 41.8 Å². The molecule has 2 aliphatic heterocycles. The molecule has 4 atom stereocenters. The van der Waals surface area contributed by atoms with Gasteiger partial charge in [0, 0.05) is 0 Å². The molecule has 0 aromatic heterocycles. The molecule has 0 unspecified atom stereocenters. The van der Waals surface area contributed by atoms with Gasteiger partial charge in [-0.15, -0.1) is 0 Å². The van der Waals surface area contributed by atoms with Crippen molar-refractivity contribution < 1.29 is 59.8 Å². The number of aromatic hydroxyl groups is 1. The van der Waals surface area contributed by atoms with Gasteiger partial charge in [0.15, 0.2) is 11.6 Å². The first-order valence-electron chi connectivity index (χ1n) is 16.6. The first-order valence-corrected chi connectivity index (χ1v) is 16.6. The Balaban J connectivity index is 1.37. The van der Waals surface area contributed by atoms with Gasteiger partial charge < -0.3 is 19.5 Å². The van der Waals surface area contributed by atoms with Gasteiger partial charge in [-0.25, -0.2) is 9.29 Å². The van der Waals surface area contributed by atoms with E-state index in [1.165, 1.54) is 12.1 Å². The van der Waals surface area contributed by atoms with Crippen molar-refractivity contribution in [2.24, 2.45) is 17.8 Å². The molecule has 274 valence electrons. The molecular formula is C37H33BF7NO6. The number of anilines is 1. The van der Waals surface area contributed by atoms with E-state index in [2.05, 4.69) is 0 Å². The normalized spacial score (nSPS) is 22.5. The molecule has 3 aromatic carbocycles. The van der Waals surface area contributed by atoms with Crippen LogP contribution in [0.15, 0.2) is 83.4 Å². The summed E-state index contributed by atoms with van der Waals surface area (Å²) < 4.78 is 109. The lowest BCUT2D eigenvalue weighted by Crippen LogP contribution is -2.46. The molecule has 3 aromatic rings. The highest BCUT2D eigenvalue weighted by Gasteiger charge is 2.58. The van der Waals surface area contributed by atoms with Gasteiger partial charge in [0.25, 0.3) is 0 Å². The molecule has 7 nitrogen and oxygen atoms in total. The van der Waals surface area contributed by atoms with Crippen molar-refractivity contribution in [2.45, 2.75) is 57.4 Å². The minimum absolute atomic E-state index is 0.0679. The molecule has 2 heterocycles. The van der Waals surface area contributed by atoms with Crippen molar-refractivity contribution >= 4 is 30.7 Å². The number of amides is 2. The number of carbonyl (C=O) groups excluding carboxylic acids is 2. The quantitative estimate of drug-likeness (QED) is 0.0997. The number of hydrogen-bond acceptors (Lipinski definition) is 6. The summed E-state index contributed by atoms with van der Waals surface area (Å²) in [6.07, 6.45) is -8.50. The van der Waals surface area contributed by atoms with E-state index < -0.39 is 83.5 Å². The Morgan fingerprint density at radius 1 is 0.962 bits per heavy atom. The van der Waals surface area contributed by atoms with Gasteiger partial charge in [-0.05, 0) is 97.1 Å². The van der Waals surface area contributed by atoms with Gasteiger partial charge in [0.2, 0.25) is 11.8 Å². The van der Waals surface area contributed by atoms with E-state index in [0.717, 1.165) is 5.57 Å². The molecular weight excluding hydrogens is 698 g/mol. The van der Waals surface area contributed by atoms with Gasteiger partial charge >= 0.3 is 19.5 Å². The van der Waals surface area contributed by atoms with E-state index in [1.54, 1.807) is 42.5 Å². The van der Waals surface area contributed by atoms with Gasteiger partial charge in [-0.1, -0.05) is 42.8 Å². The molecule has 3 aliphatic rings. The van der Waals surface area contributed by atoms with E-state index in [-0.39, 0.29) is 31.8 Å². The Kier molecular flexibility index (Phi) is 10.3. The molecule has 2 N–H and O–H groups in total. The second kappa shape index (κ2) is 14.4. The summed E-state index contributed by atoms with van der Waals surface area (Å²) in [7, 11) is -1.41. The van der Waals surface area contributed by atoms with Crippen LogP contribution in [0.3, 0.4) is 0 Å². The zero-order chi connectivity index (χ0) is 37.5. The van der Waals surface area contributed by atoms with Crippen LogP contribution in [0.1, 0.15) is 49.3 Å². The molecule has 6 rings (SSSR count). The molecule has 2 saturated heterocycles. The molecule has 0 radical (unpaired) electrons. The summed E-state index contributed by atoms with van der Waals surface area (Å²) in [5.41, 5.74) is -1.66. The van der Waals surface area contributed by atoms with Gasteiger partial charge in [0.05, 0.1) is 34.8 Å². The van der Waals surface area contributed by atoms with Gasteiger partial charge in [-0.3, -0.25) is 9.59 Å². The Morgan fingerprint density at radius 3 is 2.25 bits per heavy atom. The molecule has 2 amide bonds. The fourth-order valence-electron chi connectivity index (χ4n) is 7.42. The number of imide groups is 1. The highest BCUT2D eigenvalue weighted by Crippen LogP contribution is 2.52. The molecule has 1 aliphatic carbocycles. The molecule has 15 heteroatoms. The number of halogens is 7. The van der Waals surface area contributed by atoms with Crippen molar-refractivity contribution in [3.05, 3.63) is 106 Å². The van der Waals surface area contributed by atoms with Crippen LogP contribution < -0.4 is 9.64 Å². The zero-order valence-electron chi connectivity index (χ0n) is 27.7. The summed E-state index contributed by atoms with van der Waals surface area (Å²) in [6.45, 7) is 1.82. The summed E-state index contributed by atoms with van der Waals surface area (Å²) >= 11 is 0. The number of phenolic OH excluding ortho intramolecular Hbond substituents is 1. The number of alkyl halides is 6. The second-order valence-corrected chi connectivity index (χ2v) is 13.1. The minimum atomic E-state index is -5.20. The Morgan fingerprint density at radius 2 is 1.63 bits per heavy atom. The Hall–Kier alpha value is -4.63. The number of nitrogens with zero attached hydrogens (tertiary/aromatic N) is 1. The van der Waals surface area contributed by atoms with Crippen LogP contribution in [0, 0.1) is 23.6 Å². The summed E-state index contributed by atoms with van der Waals surface area (Å²) in [5.74, 6) is -5.92. The molecule has 0 spiro atoms. The third kappa shape index (κ3) is 7.61. The monoisotopic (exact) mass is 731 g/mol. The van der Waals surface area contributed by atoms with E-state index in [0.29, 0.717) is 52.3 Å². The van der Waals surface area contributed by atoms with E-state index >= 15 is 0 Å². The van der Waals surface area contributed by atoms with Crippen LogP contribution in [0.5, 0.6) is 11.5 Å². The fourth-order valence-corrected chi connectivity index (χ4v) is 7.42. The smallest absolute Gasteiger partial charge is 0.455 e. The summed E-state index contributed by atoms with van der Waals surface area (Å²) in [5, 5.41) is 20.5. The first kappa shape index (κ1) is 37.1. The van der Waals surface area contributed by atoms with E-state index in [9.17, 15) is 50.5 Å². The molecule has 0 bridgehead atoms. The van der Waals surface area contributed by atoms with Crippen LogP contribution >= 0.6 is 0 Å². The number of phenols is 1. The predicted molar refractivity (Wildman–Crippen MR) is 176 cm³/mol. The third-order valence-electron chi connectivity index (χ3n) is 9.82. The lowest BCUT2D eigenvalue weighted by atomic mass is 9.58. The van der Waals surface area contributed by atoms with Crippen LogP contribution in [0.25, 0.3) is 6.08 Å². The van der Waals surface area contributed by atoms with Crippen molar-refractivity contribution in [1.82, 2.24) is 0 Å². The number of rotatable bonds is 9. The van der Waals surface area contributed by atoms with Crippen molar-refractivity contribution in [1.29, 1.82) is 0 Å². The number of benzene rings is 3. The lowest BCUT2D eigenvalue weighted by Gasteiger charge is -2.43. The van der Waals surface area contributed by atoms with E-state index in [4.69, 9.17) is 9.39 Å². The zero-order valence-corrected chi connectivity index (χ0v) is 27.7. The standard InChI is InChI=1S/C37H33BF7NO6/c1-2-20(12-21-8-10-30(47)29(39)13-21)9-11-31-32-22(19-51-26-6-4-3-5-7-26)14-27-33(28(32)18-38(50)52-31)35(49)46(34(27)48)25-16-23(36(40,41)42)15-24(17-25)37(43,44)45/h3-8,10,12-13,15-17,27-28,31,33,47,50H,2,9,11,14,18-19H2,1H3/b20-12+/t27-,28+,31-,33-/m1/s1. The molecule has 52 heavy (non-hydrogen) atoms. The Bertz CT molecular complexity index is 1880. The third-order valence-corrected chi connectivity index (χ3v) is 9.82. The van der Waals surface area contributed by atoms with Crippen LogP contribution in [0.2, 0.25) is 6.32 Å². The van der Waals surface area contributed by atoms with Crippen LogP contribution in [-0.2, 0) is 26.6 Å². The molecule has 2 fully saturated rings. The van der Waals surface area contributed by atoms with Crippen molar-refractivity contribution in [3.8, 4) is 11.5 Å². The van der Waals surface area contributed by atoms with Crippen molar-refractivity contribution in [2.75, 3.05) is 11.5 Å². The maximum Gasteiger partial charge on any atom is 0.455 e. The lowest BCUT2D eigenvalue weighted by molar-refractivity contribution is -0.143.